The van der Waals surface area contributed by atoms with Gasteiger partial charge in [-0.3, -0.25) is 9.69 Å². The number of hydrogen-bond acceptors (Lipinski definition) is 4. The molecule has 0 unspecified atom stereocenters. The van der Waals surface area contributed by atoms with Crippen LogP contribution in [0.5, 0.6) is 5.75 Å². The van der Waals surface area contributed by atoms with E-state index in [1.54, 1.807) is 36.4 Å². The molecule has 0 fully saturated rings. The monoisotopic (exact) mass is 484 g/mol. The first kappa shape index (κ1) is 24.7. The Morgan fingerprint density at radius 1 is 1.15 bits per heavy atom. The Hall–Kier alpha value is -2.98. The number of carbonyl (C=O) groups is 1. The van der Waals surface area contributed by atoms with E-state index in [-0.39, 0.29) is 11.4 Å². The van der Waals surface area contributed by atoms with Gasteiger partial charge in [0.15, 0.2) is 11.4 Å². The first-order valence-corrected chi connectivity index (χ1v) is 11.1. The fraction of sp³-hybridized carbons (Fsp3) is 0.280. The molecule has 0 saturated carbocycles. The zero-order valence-corrected chi connectivity index (χ0v) is 20.7. The Labute approximate surface area is 204 Å². The minimum Gasteiger partial charge on any atom is -0.504 e. The van der Waals surface area contributed by atoms with Crippen molar-refractivity contribution < 1.29 is 9.90 Å². The fourth-order valence-electron chi connectivity index (χ4n) is 3.06. The lowest BCUT2D eigenvalue weighted by Crippen LogP contribution is -2.40. The largest absolute Gasteiger partial charge is 0.504 e. The lowest BCUT2D eigenvalue weighted by Gasteiger charge is -2.19. The van der Waals surface area contributed by atoms with Crippen molar-refractivity contribution >= 4 is 29.1 Å². The summed E-state index contributed by atoms with van der Waals surface area (Å²) >= 11 is 12.6. The molecule has 0 aliphatic rings. The Balaban J connectivity index is 2.13. The molecule has 0 aliphatic heterocycles. The van der Waals surface area contributed by atoms with E-state index in [4.69, 9.17) is 23.2 Å². The van der Waals surface area contributed by atoms with Crippen molar-refractivity contribution in [2.45, 2.75) is 26.3 Å². The van der Waals surface area contributed by atoms with Crippen LogP contribution in [0.15, 0.2) is 42.5 Å². The topological polar surface area (TPSA) is 70.4 Å². The minimum absolute atomic E-state index is 0.0965. The summed E-state index contributed by atoms with van der Waals surface area (Å²) < 4.78 is 1.47. The number of nitrogens with zero attached hydrogens (tertiary/aromatic N) is 3. The number of aromatic nitrogens is 2. The van der Waals surface area contributed by atoms with Gasteiger partial charge in [0.25, 0.3) is 5.91 Å². The Morgan fingerprint density at radius 3 is 2.39 bits per heavy atom. The molecule has 33 heavy (non-hydrogen) atoms. The molecular weight excluding hydrogens is 459 g/mol. The summed E-state index contributed by atoms with van der Waals surface area (Å²) in [5.74, 6) is 5.41. The highest BCUT2D eigenvalue weighted by molar-refractivity contribution is 6.32. The Bertz CT molecular complexity index is 1230. The highest BCUT2D eigenvalue weighted by atomic mass is 35.5. The third-order valence-electron chi connectivity index (χ3n) is 4.49. The highest BCUT2D eigenvalue weighted by Gasteiger charge is 2.27. The number of aromatic hydroxyl groups is 1. The van der Waals surface area contributed by atoms with Crippen LogP contribution in [0.25, 0.3) is 16.9 Å². The van der Waals surface area contributed by atoms with Crippen molar-refractivity contribution in [3.05, 3.63) is 63.8 Å². The van der Waals surface area contributed by atoms with E-state index in [2.05, 4.69) is 22.3 Å². The van der Waals surface area contributed by atoms with Crippen LogP contribution in [0, 0.1) is 11.8 Å². The molecule has 1 amide bonds. The van der Waals surface area contributed by atoms with Gasteiger partial charge < -0.3 is 10.4 Å². The third-order valence-corrected chi connectivity index (χ3v) is 5.04. The van der Waals surface area contributed by atoms with Gasteiger partial charge in [0.2, 0.25) is 0 Å². The van der Waals surface area contributed by atoms with Crippen LogP contribution in [0.4, 0.5) is 0 Å². The van der Waals surface area contributed by atoms with Crippen LogP contribution in [-0.4, -0.2) is 51.9 Å². The molecule has 1 aromatic heterocycles. The molecule has 1 heterocycles. The maximum absolute atomic E-state index is 12.9. The van der Waals surface area contributed by atoms with Gasteiger partial charge in [0.05, 0.1) is 17.3 Å². The summed E-state index contributed by atoms with van der Waals surface area (Å²) in [5, 5.41) is 19.2. The van der Waals surface area contributed by atoms with Crippen LogP contribution in [-0.2, 0) is 0 Å². The lowest BCUT2D eigenvalue weighted by molar-refractivity contribution is 0.0911. The predicted molar refractivity (Wildman–Crippen MR) is 133 cm³/mol. The van der Waals surface area contributed by atoms with E-state index in [9.17, 15) is 9.90 Å². The van der Waals surface area contributed by atoms with E-state index >= 15 is 0 Å². The molecule has 2 aromatic carbocycles. The number of halogens is 2. The maximum atomic E-state index is 12.9. The lowest BCUT2D eigenvalue weighted by atomic mass is 10.1. The van der Waals surface area contributed by atoms with Gasteiger partial charge in [-0.25, -0.2) is 4.68 Å². The summed E-state index contributed by atoms with van der Waals surface area (Å²) in [6.45, 7) is 6.18. The molecule has 0 atom stereocenters. The average molecular weight is 485 g/mol. The molecule has 0 radical (unpaired) electrons. The molecule has 8 heteroatoms. The number of amides is 1. The summed E-state index contributed by atoms with van der Waals surface area (Å²) in [4.78, 5) is 14.8. The predicted octanol–water partition coefficient (Wildman–Crippen LogP) is 4.99. The second-order valence-electron chi connectivity index (χ2n) is 8.87. The molecule has 172 valence electrons. The minimum atomic E-state index is -0.502. The van der Waals surface area contributed by atoms with E-state index in [1.165, 1.54) is 4.68 Å². The molecule has 0 bridgehead atoms. The second kappa shape index (κ2) is 9.88. The van der Waals surface area contributed by atoms with Gasteiger partial charge in [-0.05, 0) is 65.2 Å². The van der Waals surface area contributed by atoms with Crippen molar-refractivity contribution in [3.63, 3.8) is 0 Å². The number of carbonyl (C=O) groups excluding carboxylic acids is 1. The molecular formula is C25H26Cl2N4O2. The summed E-state index contributed by atoms with van der Waals surface area (Å²) in [5.41, 5.74) is 1.62. The molecule has 0 aliphatic carbocycles. The number of benzene rings is 2. The average Bonchev–Trinajstić information content (AvgIpc) is 3.04. The number of hydrogen-bond donors (Lipinski definition) is 2. The number of nitrogens with one attached hydrogen (secondary N) is 1. The van der Waals surface area contributed by atoms with E-state index < -0.39 is 11.4 Å². The smallest absolute Gasteiger partial charge is 0.276 e. The molecule has 3 rings (SSSR count). The summed E-state index contributed by atoms with van der Waals surface area (Å²) in [7, 11) is 3.89. The van der Waals surface area contributed by atoms with Gasteiger partial charge >= 0.3 is 0 Å². The van der Waals surface area contributed by atoms with Crippen molar-refractivity contribution in [2.75, 3.05) is 20.6 Å². The highest BCUT2D eigenvalue weighted by Crippen LogP contribution is 2.37. The molecule has 0 spiro atoms. The normalized spacial score (nSPS) is 11.3. The van der Waals surface area contributed by atoms with Crippen LogP contribution in [0.2, 0.25) is 10.0 Å². The maximum Gasteiger partial charge on any atom is 0.276 e. The molecule has 0 saturated heterocycles. The standard InChI is InChI=1S/C25H26Cl2N4O2/c1-25(2,3)28-24(33)21-23(32)22(17-9-11-18(26)12-10-17)31(29-21)20-13-8-16(15-19(20)27)7-6-14-30(4)5/h8-13,15,32H,14H2,1-5H3,(H,28,33). The van der Waals surface area contributed by atoms with E-state index in [0.29, 0.717) is 33.5 Å². The van der Waals surface area contributed by atoms with Crippen LogP contribution >= 0.6 is 23.2 Å². The molecule has 2 N–H and O–H groups in total. The van der Waals surface area contributed by atoms with Gasteiger partial charge in [-0.15, -0.1) is 0 Å². The van der Waals surface area contributed by atoms with Crippen molar-refractivity contribution in [1.29, 1.82) is 0 Å². The third kappa shape index (κ3) is 6.08. The van der Waals surface area contributed by atoms with Crippen LogP contribution in [0.3, 0.4) is 0 Å². The second-order valence-corrected chi connectivity index (χ2v) is 9.72. The first-order chi connectivity index (χ1) is 15.5. The Morgan fingerprint density at radius 2 is 1.82 bits per heavy atom. The van der Waals surface area contributed by atoms with E-state index in [1.807, 2.05) is 45.8 Å². The zero-order chi connectivity index (χ0) is 24.3. The quantitative estimate of drug-likeness (QED) is 0.511. The summed E-state index contributed by atoms with van der Waals surface area (Å²) in [6, 6.07) is 12.2. The van der Waals surface area contributed by atoms with Crippen molar-refractivity contribution in [2.24, 2.45) is 0 Å². The number of rotatable bonds is 4. The van der Waals surface area contributed by atoms with E-state index in [0.717, 1.165) is 5.56 Å². The van der Waals surface area contributed by atoms with Gasteiger partial charge in [0, 0.05) is 21.7 Å². The van der Waals surface area contributed by atoms with Gasteiger partial charge in [0.1, 0.15) is 5.69 Å². The van der Waals surface area contributed by atoms with Gasteiger partial charge in [-0.2, -0.15) is 5.10 Å². The Kier molecular flexibility index (Phi) is 7.38. The zero-order valence-electron chi connectivity index (χ0n) is 19.2. The van der Waals surface area contributed by atoms with Crippen molar-refractivity contribution in [1.82, 2.24) is 20.0 Å². The van der Waals surface area contributed by atoms with Crippen molar-refractivity contribution in [3.8, 4) is 34.5 Å². The summed E-state index contributed by atoms with van der Waals surface area (Å²) in [6.07, 6.45) is 0. The fourth-order valence-corrected chi connectivity index (χ4v) is 3.45. The first-order valence-electron chi connectivity index (χ1n) is 10.3. The molecule has 3 aromatic rings. The van der Waals surface area contributed by atoms with Gasteiger partial charge in [-0.1, -0.05) is 47.2 Å². The molecule has 6 nitrogen and oxygen atoms in total. The van der Waals surface area contributed by atoms with Crippen LogP contribution in [0.1, 0.15) is 36.8 Å². The van der Waals surface area contributed by atoms with Crippen LogP contribution < -0.4 is 5.32 Å². The SMILES string of the molecule is CN(C)CC#Cc1ccc(-n2nc(C(=O)NC(C)(C)C)c(O)c2-c2ccc(Cl)cc2)c(Cl)c1.